The second-order valence-electron chi connectivity index (χ2n) is 6.33. The molecule has 3 aromatic rings. The smallest absolute Gasteiger partial charge is 0.339 e. The highest BCUT2D eigenvalue weighted by Gasteiger charge is 2.35. The first-order chi connectivity index (χ1) is 15.7. The molecule has 13 heteroatoms. The van der Waals surface area contributed by atoms with Gasteiger partial charge in [0.15, 0.2) is 5.17 Å². The Morgan fingerprint density at radius 3 is 2.36 bits per heavy atom. The number of hydrogen-bond donors (Lipinski definition) is 2. The zero-order chi connectivity index (χ0) is 24.2. The van der Waals surface area contributed by atoms with Crippen molar-refractivity contribution in [3.05, 3.63) is 59.9 Å². The average molecular weight is 490 g/mol. The number of aromatic nitrogens is 3. The van der Waals surface area contributed by atoms with Crippen molar-refractivity contribution in [2.75, 3.05) is 18.5 Å². The second-order valence-corrected chi connectivity index (χ2v) is 9.14. The van der Waals surface area contributed by atoms with E-state index in [2.05, 4.69) is 15.0 Å². The van der Waals surface area contributed by atoms with Crippen LogP contribution in [0.1, 0.15) is 16.2 Å². The highest BCUT2D eigenvalue weighted by atomic mass is 32.2. The molecule has 172 valence electrons. The number of amidine groups is 1. The predicted molar refractivity (Wildman–Crippen MR) is 120 cm³/mol. The summed E-state index contributed by atoms with van der Waals surface area (Å²) in [5.41, 5.74) is -0.217. The number of aryl methyl sites for hydroxylation is 1. The molecule has 0 unspecified atom stereocenters. The zero-order valence-corrected chi connectivity index (χ0v) is 19.3. The van der Waals surface area contributed by atoms with Crippen molar-refractivity contribution in [2.45, 2.75) is 16.7 Å². The molecule has 0 saturated heterocycles. The van der Waals surface area contributed by atoms with Crippen LogP contribution < -0.4 is 9.04 Å². The van der Waals surface area contributed by atoms with Crippen LogP contribution in [0.5, 0.6) is 11.8 Å². The van der Waals surface area contributed by atoms with E-state index < -0.39 is 32.0 Å². The number of ether oxygens (including phenoxy) is 2. The molecule has 0 fully saturated rings. The summed E-state index contributed by atoms with van der Waals surface area (Å²) in [5.74, 6) is -1.09. The second kappa shape index (κ2) is 9.83. The SMILES string of the molecule is COC(=O)c1ccccc1S(=O)(=O)N(C(=N)Sc1ccc(O)cc1)c1nc(C)nc(OC)n1. The highest BCUT2D eigenvalue weighted by Crippen LogP contribution is 2.31. The number of aromatic hydroxyl groups is 1. The Balaban J connectivity index is 2.18. The van der Waals surface area contributed by atoms with Gasteiger partial charge in [-0.25, -0.2) is 13.2 Å². The molecular formula is C20H19N5O6S2. The van der Waals surface area contributed by atoms with Crippen LogP contribution in [0.25, 0.3) is 0 Å². The number of nitrogens with one attached hydrogen (secondary N) is 1. The van der Waals surface area contributed by atoms with Gasteiger partial charge in [-0.1, -0.05) is 23.9 Å². The van der Waals surface area contributed by atoms with Gasteiger partial charge < -0.3 is 14.6 Å². The predicted octanol–water partition coefficient (Wildman–Crippen LogP) is 2.60. The molecule has 11 nitrogen and oxygen atoms in total. The minimum absolute atomic E-state index is 0.0141. The number of anilines is 1. The van der Waals surface area contributed by atoms with Crippen molar-refractivity contribution in [3.63, 3.8) is 0 Å². The Labute approximate surface area is 194 Å². The van der Waals surface area contributed by atoms with E-state index in [9.17, 15) is 18.3 Å². The summed E-state index contributed by atoms with van der Waals surface area (Å²) >= 11 is 0.778. The molecule has 33 heavy (non-hydrogen) atoms. The molecule has 1 heterocycles. The number of thioether (sulfide) groups is 1. The van der Waals surface area contributed by atoms with Crippen LogP contribution in [0, 0.1) is 12.3 Å². The number of phenolic OH excluding ortho intramolecular Hbond substituents is 1. The summed E-state index contributed by atoms with van der Waals surface area (Å²) in [7, 11) is -2.14. The molecule has 0 atom stereocenters. The molecule has 2 aromatic carbocycles. The van der Waals surface area contributed by atoms with E-state index in [-0.39, 0.29) is 23.1 Å². The first kappa shape index (κ1) is 23.9. The normalized spacial score (nSPS) is 11.0. The number of esters is 1. The van der Waals surface area contributed by atoms with Gasteiger partial charge in [0.2, 0.25) is 0 Å². The van der Waals surface area contributed by atoms with E-state index >= 15 is 0 Å². The Hall–Kier alpha value is -3.71. The van der Waals surface area contributed by atoms with Crippen LogP contribution in [-0.4, -0.2) is 53.8 Å². The van der Waals surface area contributed by atoms with Gasteiger partial charge in [-0.2, -0.15) is 19.3 Å². The lowest BCUT2D eigenvalue weighted by Crippen LogP contribution is -2.37. The number of carbonyl (C=O) groups is 1. The number of methoxy groups -OCH3 is 2. The fourth-order valence-corrected chi connectivity index (χ4v) is 5.13. The van der Waals surface area contributed by atoms with E-state index in [1.165, 1.54) is 62.6 Å². The molecule has 1 aromatic heterocycles. The molecular weight excluding hydrogens is 470 g/mol. The number of phenols is 1. The molecule has 0 aliphatic heterocycles. The van der Waals surface area contributed by atoms with E-state index in [0.29, 0.717) is 9.20 Å². The van der Waals surface area contributed by atoms with Crippen molar-refractivity contribution >= 4 is 38.9 Å². The summed E-state index contributed by atoms with van der Waals surface area (Å²) in [6.45, 7) is 1.51. The van der Waals surface area contributed by atoms with Gasteiger partial charge in [0.05, 0.1) is 19.8 Å². The van der Waals surface area contributed by atoms with Gasteiger partial charge in [-0.15, -0.1) is 0 Å². The lowest BCUT2D eigenvalue weighted by molar-refractivity contribution is 0.0596. The molecule has 0 bridgehead atoms. The van der Waals surface area contributed by atoms with Crippen LogP contribution >= 0.6 is 11.8 Å². The Morgan fingerprint density at radius 2 is 1.73 bits per heavy atom. The first-order valence-electron chi connectivity index (χ1n) is 9.22. The zero-order valence-electron chi connectivity index (χ0n) is 17.7. The third-order valence-corrected chi connectivity index (χ3v) is 6.86. The van der Waals surface area contributed by atoms with Crippen LogP contribution in [0.2, 0.25) is 0 Å². The number of nitrogens with zero attached hydrogens (tertiary/aromatic N) is 4. The van der Waals surface area contributed by atoms with Crippen LogP contribution in [0.4, 0.5) is 5.95 Å². The van der Waals surface area contributed by atoms with Gasteiger partial charge in [-0.3, -0.25) is 5.41 Å². The largest absolute Gasteiger partial charge is 0.508 e. The molecule has 0 aliphatic rings. The number of sulfonamides is 1. The lowest BCUT2D eigenvalue weighted by Gasteiger charge is -2.23. The Kier molecular flexibility index (Phi) is 7.13. The van der Waals surface area contributed by atoms with E-state index in [1.807, 2.05) is 0 Å². The van der Waals surface area contributed by atoms with Crippen LogP contribution in [-0.2, 0) is 14.8 Å². The Bertz CT molecular complexity index is 1300. The van der Waals surface area contributed by atoms with Crippen molar-refractivity contribution in [2.24, 2.45) is 0 Å². The topological polar surface area (TPSA) is 156 Å². The Morgan fingerprint density at radius 1 is 1.06 bits per heavy atom. The molecule has 3 rings (SSSR count). The van der Waals surface area contributed by atoms with Gasteiger partial charge in [0, 0.05) is 4.90 Å². The summed E-state index contributed by atoms with van der Waals surface area (Å²) in [6, 6.07) is 11.1. The fourth-order valence-electron chi connectivity index (χ4n) is 2.67. The van der Waals surface area contributed by atoms with Gasteiger partial charge in [0.25, 0.3) is 16.0 Å². The maximum atomic E-state index is 13.8. The fraction of sp³-hybridized carbons (Fsp3) is 0.150. The molecule has 0 amide bonds. The quantitative estimate of drug-likeness (QED) is 0.228. The number of hydrogen-bond acceptors (Lipinski definition) is 11. The minimum Gasteiger partial charge on any atom is -0.508 e. The van der Waals surface area contributed by atoms with Crippen LogP contribution in [0.3, 0.4) is 0 Å². The third kappa shape index (κ3) is 5.21. The molecule has 2 N–H and O–H groups in total. The van der Waals surface area contributed by atoms with Gasteiger partial charge in [0.1, 0.15) is 16.5 Å². The summed E-state index contributed by atoms with van der Waals surface area (Å²) in [6.07, 6.45) is 0. The van der Waals surface area contributed by atoms with Crippen molar-refractivity contribution in [1.82, 2.24) is 15.0 Å². The maximum Gasteiger partial charge on any atom is 0.339 e. The van der Waals surface area contributed by atoms with Crippen LogP contribution in [0.15, 0.2) is 58.3 Å². The van der Waals surface area contributed by atoms with E-state index in [1.54, 1.807) is 0 Å². The highest BCUT2D eigenvalue weighted by molar-refractivity contribution is 8.15. The summed E-state index contributed by atoms with van der Waals surface area (Å²) < 4.78 is 37.8. The first-order valence-corrected chi connectivity index (χ1v) is 11.5. The van der Waals surface area contributed by atoms with Crippen molar-refractivity contribution in [1.29, 1.82) is 5.41 Å². The van der Waals surface area contributed by atoms with Gasteiger partial charge in [-0.05, 0) is 43.3 Å². The lowest BCUT2D eigenvalue weighted by atomic mass is 10.2. The molecule has 0 saturated carbocycles. The third-order valence-electron chi connectivity index (χ3n) is 4.13. The number of rotatable bonds is 6. The van der Waals surface area contributed by atoms with Crippen molar-refractivity contribution in [3.8, 4) is 11.8 Å². The monoisotopic (exact) mass is 489 g/mol. The molecule has 0 radical (unpaired) electrons. The molecule has 0 spiro atoms. The standard InChI is InChI=1S/C20H19N5O6S2/c1-12-22-19(24-20(23-12)31-3)25(18(21)32-14-10-8-13(26)9-11-14)33(28,29)16-7-5-4-6-15(16)17(27)30-2/h4-11,21,26H,1-3H3. The minimum atomic E-state index is -4.58. The van der Waals surface area contributed by atoms with Gasteiger partial charge >= 0.3 is 12.0 Å². The van der Waals surface area contributed by atoms with E-state index in [0.717, 1.165) is 18.9 Å². The number of benzene rings is 2. The maximum absolute atomic E-state index is 13.8. The average Bonchev–Trinajstić information content (AvgIpc) is 2.79. The van der Waals surface area contributed by atoms with Crippen molar-refractivity contribution < 1.29 is 27.8 Å². The summed E-state index contributed by atoms with van der Waals surface area (Å²) in [4.78, 5) is 24.4. The van der Waals surface area contributed by atoms with E-state index in [4.69, 9.17) is 14.9 Å². The molecule has 0 aliphatic carbocycles. The summed E-state index contributed by atoms with van der Waals surface area (Å²) in [5, 5.41) is 17.6. The number of carbonyl (C=O) groups excluding carboxylic acids is 1.